The van der Waals surface area contributed by atoms with Gasteiger partial charge >= 0.3 is 6.18 Å². The van der Waals surface area contributed by atoms with E-state index in [1.807, 2.05) is 30.3 Å². The Morgan fingerprint density at radius 3 is 2.18 bits per heavy atom. The molecule has 0 spiro atoms. The minimum absolute atomic E-state index is 0.318. The second-order valence-corrected chi connectivity index (χ2v) is 4.99. The summed E-state index contributed by atoms with van der Waals surface area (Å²) < 4.78 is 39.8. The smallest absolute Gasteiger partial charge is 0.268 e. The van der Waals surface area contributed by atoms with Gasteiger partial charge in [0, 0.05) is 11.3 Å². The Morgan fingerprint density at radius 1 is 0.955 bits per heavy atom. The monoisotopic (exact) mass is 321 g/mol. The van der Waals surface area contributed by atoms with Crippen molar-refractivity contribution in [3.63, 3.8) is 0 Å². The van der Waals surface area contributed by atoms with Crippen LogP contribution in [0.1, 0.15) is 5.56 Å². The van der Waals surface area contributed by atoms with E-state index in [0.717, 1.165) is 17.7 Å². The number of hydrogen-bond acceptors (Lipinski definition) is 2. The molecule has 0 unspecified atom stereocenters. The molecule has 1 N–H and O–H groups in total. The lowest BCUT2D eigenvalue weighted by molar-refractivity contribution is -0.137. The van der Waals surface area contributed by atoms with Crippen LogP contribution < -0.4 is 0 Å². The maximum Gasteiger partial charge on any atom is 0.416 e. The quantitative estimate of drug-likeness (QED) is 0.699. The zero-order chi connectivity index (χ0) is 15.7. The maximum absolute atomic E-state index is 12.6. The lowest BCUT2D eigenvalue weighted by Gasteiger charge is -2.10. The van der Waals surface area contributed by atoms with E-state index in [2.05, 4.69) is 10.2 Å². The van der Waals surface area contributed by atoms with Crippen LogP contribution in [0.5, 0.6) is 0 Å². The van der Waals surface area contributed by atoms with E-state index in [1.54, 1.807) is 4.57 Å². The minimum atomic E-state index is -4.36. The molecule has 0 bridgehead atoms. The number of aromatic amines is 1. The van der Waals surface area contributed by atoms with Crippen LogP contribution in [-0.2, 0) is 6.18 Å². The lowest BCUT2D eigenvalue weighted by Crippen LogP contribution is -2.05. The number of nitrogens with zero attached hydrogens (tertiary/aromatic N) is 2. The van der Waals surface area contributed by atoms with Crippen LogP contribution in [0.25, 0.3) is 17.1 Å². The van der Waals surface area contributed by atoms with Crippen LogP contribution >= 0.6 is 12.2 Å². The van der Waals surface area contributed by atoms with Gasteiger partial charge in [-0.05, 0) is 36.5 Å². The average molecular weight is 321 g/mol. The molecule has 112 valence electrons. The number of rotatable bonds is 2. The molecule has 0 amide bonds. The van der Waals surface area contributed by atoms with E-state index >= 15 is 0 Å². The number of alkyl halides is 3. The molecule has 0 atom stereocenters. The zero-order valence-corrected chi connectivity index (χ0v) is 11.9. The molecule has 0 aliphatic rings. The summed E-state index contributed by atoms with van der Waals surface area (Å²) in [6, 6.07) is 14.1. The Hall–Kier alpha value is -2.41. The van der Waals surface area contributed by atoms with Gasteiger partial charge in [-0.2, -0.15) is 18.3 Å². The predicted molar refractivity (Wildman–Crippen MR) is 79.2 cm³/mol. The molecular formula is C15H10F3N3S. The first kappa shape index (κ1) is 14.5. The Bertz CT molecular complexity index is 833. The third-order valence-corrected chi connectivity index (χ3v) is 3.43. The highest BCUT2D eigenvalue weighted by atomic mass is 32.1. The summed E-state index contributed by atoms with van der Waals surface area (Å²) in [5.41, 5.74) is 0.632. The highest BCUT2D eigenvalue weighted by Crippen LogP contribution is 2.30. The molecule has 3 aromatic rings. The standard InChI is InChI=1S/C15H10F3N3S/c16-15(17,18)11-6-8-12(9-7-11)21-13(19-20-14(21)22)10-4-2-1-3-5-10/h1-9H,(H,20,22). The number of nitrogens with one attached hydrogen (secondary N) is 1. The Balaban J connectivity index is 2.10. The Kier molecular flexibility index (Phi) is 3.58. The SMILES string of the molecule is FC(F)(F)c1ccc(-n2c(-c3ccccc3)n[nH]c2=S)cc1. The second-order valence-electron chi connectivity index (χ2n) is 4.60. The number of H-pyrrole nitrogens is 1. The molecule has 0 aliphatic carbocycles. The van der Waals surface area contributed by atoms with Crippen LogP contribution in [-0.4, -0.2) is 14.8 Å². The molecule has 3 rings (SSSR count). The van der Waals surface area contributed by atoms with E-state index < -0.39 is 11.7 Å². The first-order chi connectivity index (χ1) is 10.5. The predicted octanol–water partition coefficient (Wildman–Crippen LogP) is 4.62. The van der Waals surface area contributed by atoms with Crippen molar-refractivity contribution < 1.29 is 13.2 Å². The number of hydrogen-bond donors (Lipinski definition) is 1. The number of benzene rings is 2. The van der Waals surface area contributed by atoms with Gasteiger partial charge in [0.15, 0.2) is 10.6 Å². The molecule has 7 heteroatoms. The van der Waals surface area contributed by atoms with Crippen molar-refractivity contribution in [1.29, 1.82) is 0 Å². The van der Waals surface area contributed by atoms with Crippen molar-refractivity contribution >= 4 is 12.2 Å². The average Bonchev–Trinajstić information content (AvgIpc) is 2.89. The van der Waals surface area contributed by atoms with Crippen molar-refractivity contribution in [2.75, 3.05) is 0 Å². The van der Waals surface area contributed by atoms with Gasteiger partial charge < -0.3 is 0 Å². The molecule has 1 heterocycles. The zero-order valence-electron chi connectivity index (χ0n) is 11.1. The van der Waals surface area contributed by atoms with E-state index in [4.69, 9.17) is 12.2 Å². The molecular weight excluding hydrogens is 311 g/mol. The van der Waals surface area contributed by atoms with Gasteiger partial charge in [-0.15, -0.1) is 0 Å². The van der Waals surface area contributed by atoms with Crippen molar-refractivity contribution in [1.82, 2.24) is 14.8 Å². The molecule has 1 aromatic heterocycles. The first-order valence-electron chi connectivity index (χ1n) is 6.37. The topological polar surface area (TPSA) is 33.6 Å². The van der Waals surface area contributed by atoms with Gasteiger partial charge in [0.2, 0.25) is 0 Å². The van der Waals surface area contributed by atoms with Crippen LogP contribution in [0.2, 0.25) is 0 Å². The summed E-state index contributed by atoms with van der Waals surface area (Å²) >= 11 is 5.18. The highest BCUT2D eigenvalue weighted by Gasteiger charge is 2.30. The van der Waals surface area contributed by atoms with Crippen molar-refractivity contribution in [3.05, 3.63) is 64.9 Å². The number of halogens is 3. The largest absolute Gasteiger partial charge is 0.416 e. The summed E-state index contributed by atoms with van der Waals surface area (Å²) in [6.45, 7) is 0. The summed E-state index contributed by atoms with van der Waals surface area (Å²) in [6.07, 6.45) is -4.36. The highest BCUT2D eigenvalue weighted by molar-refractivity contribution is 7.71. The summed E-state index contributed by atoms with van der Waals surface area (Å²) in [7, 11) is 0. The van der Waals surface area contributed by atoms with Crippen molar-refractivity contribution in [2.45, 2.75) is 6.18 Å². The molecule has 0 radical (unpaired) electrons. The van der Waals surface area contributed by atoms with Gasteiger partial charge in [0.05, 0.1) is 5.56 Å². The molecule has 22 heavy (non-hydrogen) atoms. The summed E-state index contributed by atoms with van der Waals surface area (Å²) in [4.78, 5) is 0. The van der Waals surface area contributed by atoms with Crippen LogP contribution in [0.15, 0.2) is 54.6 Å². The Labute approximate surface area is 129 Å². The summed E-state index contributed by atoms with van der Waals surface area (Å²) in [5.74, 6) is 0.547. The maximum atomic E-state index is 12.6. The molecule has 3 nitrogen and oxygen atoms in total. The molecule has 0 aliphatic heterocycles. The van der Waals surface area contributed by atoms with Crippen LogP contribution in [0.4, 0.5) is 13.2 Å². The number of aromatic nitrogens is 3. The van der Waals surface area contributed by atoms with Crippen LogP contribution in [0, 0.1) is 4.77 Å². The van der Waals surface area contributed by atoms with E-state index in [9.17, 15) is 13.2 Å². The van der Waals surface area contributed by atoms with E-state index in [1.165, 1.54) is 12.1 Å². The normalized spacial score (nSPS) is 11.6. The van der Waals surface area contributed by atoms with Gasteiger partial charge in [-0.25, -0.2) is 0 Å². The fraction of sp³-hybridized carbons (Fsp3) is 0.0667. The van der Waals surface area contributed by atoms with Gasteiger partial charge in [0.25, 0.3) is 0 Å². The van der Waals surface area contributed by atoms with Crippen molar-refractivity contribution in [2.24, 2.45) is 0 Å². The van der Waals surface area contributed by atoms with Gasteiger partial charge in [0.1, 0.15) is 0 Å². The minimum Gasteiger partial charge on any atom is -0.268 e. The fourth-order valence-corrected chi connectivity index (χ4v) is 2.35. The van der Waals surface area contributed by atoms with E-state index in [0.29, 0.717) is 16.3 Å². The molecule has 0 saturated carbocycles. The third kappa shape index (κ3) is 2.67. The first-order valence-corrected chi connectivity index (χ1v) is 6.78. The van der Waals surface area contributed by atoms with E-state index in [-0.39, 0.29) is 0 Å². The lowest BCUT2D eigenvalue weighted by atomic mass is 10.2. The van der Waals surface area contributed by atoms with Crippen LogP contribution in [0.3, 0.4) is 0 Å². The fourth-order valence-electron chi connectivity index (χ4n) is 2.12. The second kappa shape index (κ2) is 5.42. The molecule has 0 fully saturated rings. The Morgan fingerprint density at radius 2 is 1.59 bits per heavy atom. The van der Waals surface area contributed by atoms with Gasteiger partial charge in [-0.3, -0.25) is 9.67 Å². The third-order valence-electron chi connectivity index (χ3n) is 3.16. The molecule has 0 saturated heterocycles. The van der Waals surface area contributed by atoms with Crippen molar-refractivity contribution in [3.8, 4) is 17.1 Å². The molecule has 2 aromatic carbocycles. The van der Waals surface area contributed by atoms with Gasteiger partial charge in [-0.1, -0.05) is 30.3 Å². The summed E-state index contributed by atoms with van der Waals surface area (Å²) in [5, 5.41) is 6.83.